The normalized spacial score (nSPS) is 16.9. The molecule has 0 fully saturated rings. The maximum absolute atomic E-state index is 14.3. The molecule has 1 atom stereocenters. The van der Waals surface area contributed by atoms with Gasteiger partial charge in [-0.25, -0.2) is 4.39 Å². The number of ether oxygens (including phenoxy) is 2. The van der Waals surface area contributed by atoms with Crippen molar-refractivity contribution in [2.45, 2.75) is 33.0 Å². The molecule has 0 saturated heterocycles. The average Bonchev–Trinajstić information content (AvgIpc) is 2.62. The Hall–Kier alpha value is -2.17. The van der Waals surface area contributed by atoms with Crippen molar-refractivity contribution >= 4 is 0 Å². The van der Waals surface area contributed by atoms with Crippen LogP contribution in [0.2, 0.25) is 0 Å². The quantitative estimate of drug-likeness (QED) is 0.822. The third-order valence-electron chi connectivity index (χ3n) is 4.42. The number of benzene rings is 2. The van der Waals surface area contributed by atoms with E-state index in [2.05, 4.69) is 6.08 Å². The van der Waals surface area contributed by atoms with Crippen LogP contribution in [-0.4, -0.2) is 24.4 Å². The van der Waals surface area contributed by atoms with Gasteiger partial charge >= 0.3 is 0 Å². The third kappa shape index (κ3) is 4.09. The highest BCUT2D eigenvalue weighted by Crippen LogP contribution is 2.33. The van der Waals surface area contributed by atoms with Crippen molar-refractivity contribution in [2.24, 2.45) is 0 Å². The number of aliphatic hydroxyl groups is 1. The molecule has 1 aliphatic heterocycles. The average molecular weight is 342 g/mol. The van der Waals surface area contributed by atoms with E-state index in [4.69, 9.17) is 9.47 Å². The summed E-state index contributed by atoms with van der Waals surface area (Å²) in [4.78, 5) is 0. The van der Waals surface area contributed by atoms with E-state index in [1.165, 1.54) is 6.07 Å². The predicted molar refractivity (Wildman–Crippen MR) is 96.2 cm³/mol. The highest BCUT2D eigenvalue weighted by molar-refractivity contribution is 5.73. The first kappa shape index (κ1) is 17.6. The smallest absolute Gasteiger partial charge is 0.131 e. The molecular weight excluding hydrogens is 319 g/mol. The Morgan fingerprint density at radius 3 is 2.56 bits per heavy atom. The Bertz CT molecular complexity index is 760. The Labute approximate surface area is 147 Å². The number of rotatable bonds is 5. The van der Waals surface area contributed by atoms with Gasteiger partial charge in [-0.3, -0.25) is 0 Å². The second-order valence-corrected chi connectivity index (χ2v) is 6.38. The van der Waals surface area contributed by atoms with Gasteiger partial charge in [-0.2, -0.15) is 0 Å². The molecule has 2 aromatic carbocycles. The van der Waals surface area contributed by atoms with Crippen molar-refractivity contribution in [1.29, 1.82) is 0 Å². The zero-order chi connectivity index (χ0) is 17.8. The van der Waals surface area contributed by atoms with E-state index in [0.717, 1.165) is 28.9 Å². The van der Waals surface area contributed by atoms with Crippen LogP contribution in [0.15, 0.2) is 42.5 Å². The van der Waals surface area contributed by atoms with Crippen LogP contribution in [0.5, 0.6) is 5.75 Å². The summed E-state index contributed by atoms with van der Waals surface area (Å²) in [6, 6.07) is 8.54. The number of hydrogen-bond acceptors (Lipinski definition) is 3. The molecule has 2 aromatic rings. The van der Waals surface area contributed by atoms with Crippen molar-refractivity contribution in [3.05, 3.63) is 65.0 Å². The molecule has 0 saturated carbocycles. The summed E-state index contributed by atoms with van der Waals surface area (Å²) >= 11 is 0. The molecule has 0 unspecified atom stereocenters. The van der Waals surface area contributed by atoms with Crippen LogP contribution in [0.1, 0.15) is 23.1 Å². The lowest BCUT2D eigenvalue weighted by atomic mass is 9.94. The van der Waals surface area contributed by atoms with Crippen molar-refractivity contribution in [1.82, 2.24) is 0 Å². The van der Waals surface area contributed by atoms with Crippen LogP contribution in [0.25, 0.3) is 11.1 Å². The molecular formula is C21H23FO3. The fourth-order valence-corrected chi connectivity index (χ4v) is 3.18. The van der Waals surface area contributed by atoms with Crippen LogP contribution in [0, 0.1) is 19.7 Å². The van der Waals surface area contributed by atoms with E-state index < -0.39 is 0 Å². The van der Waals surface area contributed by atoms with Gasteiger partial charge in [0.1, 0.15) is 18.2 Å². The highest BCUT2D eigenvalue weighted by Gasteiger charge is 2.15. The van der Waals surface area contributed by atoms with Crippen LogP contribution in [-0.2, 0) is 11.3 Å². The van der Waals surface area contributed by atoms with Gasteiger partial charge in [0.2, 0.25) is 0 Å². The van der Waals surface area contributed by atoms with E-state index in [1.807, 2.05) is 32.1 Å². The molecule has 132 valence electrons. The van der Waals surface area contributed by atoms with Crippen LogP contribution >= 0.6 is 0 Å². The third-order valence-corrected chi connectivity index (χ3v) is 4.42. The Kier molecular flexibility index (Phi) is 5.51. The second-order valence-electron chi connectivity index (χ2n) is 6.38. The Morgan fingerprint density at radius 2 is 1.92 bits per heavy atom. The van der Waals surface area contributed by atoms with E-state index in [0.29, 0.717) is 24.3 Å². The molecule has 1 aliphatic rings. The first-order valence-corrected chi connectivity index (χ1v) is 8.49. The lowest BCUT2D eigenvalue weighted by Crippen LogP contribution is -2.23. The molecule has 1 heterocycles. The van der Waals surface area contributed by atoms with Crippen molar-refractivity contribution in [3.63, 3.8) is 0 Å². The van der Waals surface area contributed by atoms with Crippen molar-refractivity contribution in [2.75, 3.05) is 13.2 Å². The van der Waals surface area contributed by atoms with Gasteiger partial charge < -0.3 is 14.6 Å². The summed E-state index contributed by atoms with van der Waals surface area (Å²) in [5, 5.41) is 9.32. The highest BCUT2D eigenvalue weighted by atomic mass is 19.1. The SMILES string of the molecule is Cc1cc(OC[C@@H]2CC=CCO2)cc(C)c1-c1cc(CO)ccc1F. The minimum absolute atomic E-state index is 0.0731. The number of hydrogen-bond donors (Lipinski definition) is 1. The van der Waals surface area contributed by atoms with Gasteiger partial charge in [0.15, 0.2) is 0 Å². The summed E-state index contributed by atoms with van der Waals surface area (Å²) in [7, 11) is 0. The standard InChI is InChI=1S/C21H23FO3/c1-14-9-18(25-13-17-5-3-4-8-24-17)10-15(2)21(14)19-11-16(12-23)6-7-20(19)22/h3-4,6-7,9-11,17,23H,5,8,12-13H2,1-2H3/t17-/m0/s1. The lowest BCUT2D eigenvalue weighted by molar-refractivity contribution is 0.0316. The molecule has 3 nitrogen and oxygen atoms in total. The van der Waals surface area contributed by atoms with Crippen molar-refractivity contribution in [3.8, 4) is 16.9 Å². The maximum atomic E-state index is 14.3. The van der Waals surface area contributed by atoms with E-state index in [9.17, 15) is 9.50 Å². The minimum atomic E-state index is -0.292. The fourth-order valence-electron chi connectivity index (χ4n) is 3.18. The van der Waals surface area contributed by atoms with Crippen molar-refractivity contribution < 1.29 is 19.0 Å². The number of aliphatic hydroxyl groups excluding tert-OH is 1. The molecule has 25 heavy (non-hydrogen) atoms. The van der Waals surface area contributed by atoms with E-state index in [1.54, 1.807) is 12.1 Å². The minimum Gasteiger partial charge on any atom is -0.491 e. The lowest BCUT2D eigenvalue weighted by Gasteiger charge is -2.20. The maximum Gasteiger partial charge on any atom is 0.131 e. The second kappa shape index (κ2) is 7.81. The van der Waals surface area contributed by atoms with Gasteiger partial charge in [0.05, 0.1) is 19.3 Å². The molecule has 0 spiro atoms. The zero-order valence-corrected chi connectivity index (χ0v) is 14.6. The first-order chi connectivity index (χ1) is 12.1. The largest absolute Gasteiger partial charge is 0.491 e. The van der Waals surface area contributed by atoms with Gasteiger partial charge in [-0.1, -0.05) is 18.2 Å². The Morgan fingerprint density at radius 1 is 1.16 bits per heavy atom. The van der Waals surface area contributed by atoms with Crippen LogP contribution < -0.4 is 4.74 Å². The monoisotopic (exact) mass is 342 g/mol. The van der Waals surface area contributed by atoms with Crippen LogP contribution in [0.4, 0.5) is 4.39 Å². The topological polar surface area (TPSA) is 38.7 Å². The van der Waals surface area contributed by atoms with E-state index >= 15 is 0 Å². The Balaban J connectivity index is 1.84. The van der Waals surface area contributed by atoms with Gasteiger partial charge in [0, 0.05) is 5.56 Å². The number of halogens is 1. The van der Waals surface area contributed by atoms with Gasteiger partial charge in [0.25, 0.3) is 0 Å². The van der Waals surface area contributed by atoms with Gasteiger partial charge in [-0.15, -0.1) is 0 Å². The predicted octanol–water partition coefficient (Wildman–Crippen LogP) is 4.33. The molecule has 0 radical (unpaired) electrons. The summed E-state index contributed by atoms with van der Waals surface area (Å²) in [6.07, 6.45) is 5.04. The van der Waals surface area contributed by atoms with E-state index in [-0.39, 0.29) is 18.5 Å². The van der Waals surface area contributed by atoms with Crippen LogP contribution in [0.3, 0.4) is 0 Å². The molecule has 4 heteroatoms. The molecule has 0 aliphatic carbocycles. The zero-order valence-electron chi connectivity index (χ0n) is 14.6. The van der Waals surface area contributed by atoms with Gasteiger partial charge in [-0.05, 0) is 66.8 Å². The summed E-state index contributed by atoms with van der Waals surface area (Å²) in [6.45, 7) is 4.91. The summed E-state index contributed by atoms with van der Waals surface area (Å²) in [5.41, 5.74) is 3.92. The molecule has 1 N–H and O–H groups in total. The summed E-state index contributed by atoms with van der Waals surface area (Å²) in [5.74, 6) is 0.468. The number of aryl methyl sites for hydroxylation is 2. The molecule has 0 bridgehead atoms. The molecule has 0 amide bonds. The first-order valence-electron chi connectivity index (χ1n) is 8.49. The fraction of sp³-hybridized carbons (Fsp3) is 0.333. The molecule has 3 rings (SSSR count). The summed E-state index contributed by atoms with van der Waals surface area (Å²) < 4.78 is 25.8. The molecule has 0 aromatic heterocycles.